The molecule has 0 aliphatic heterocycles. The van der Waals surface area contributed by atoms with Crippen LogP contribution in [0.4, 0.5) is 0 Å². The zero-order chi connectivity index (χ0) is 16.1. The molecule has 0 aliphatic rings. The summed E-state index contributed by atoms with van der Waals surface area (Å²) in [7, 11) is 1.65. The van der Waals surface area contributed by atoms with E-state index >= 15 is 0 Å². The van der Waals surface area contributed by atoms with Crippen LogP contribution in [0.25, 0.3) is 11.5 Å². The monoisotopic (exact) mass is 312 g/mol. The molecule has 3 aromatic rings. The lowest BCUT2D eigenvalue weighted by molar-refractivity contribution is 0.415. The van der Waals surface area contributed by atoms with Crippen molar-refractivity contribution in [2.24, 2.45) is 0 Å². The first kappa shape index (κ1) is 15.4. The van der Waals surface area contributed by atoms with Crippen molar-refractivity contribution >= 4 is 0 Å². The predicted octanol–water partition coefficient (Wildman–Crippen LogP) is 3.58. The molecule has 0 saturated carbocycles. The Morgan fingerprint density at radius 2 is 1.96 bits per heavy atom. The SMILES string of the molecule is COc1ccc(-c2nc(CCNCc3ccc(C)o3)co2)cc1. The number of aromatic nitrogens is 1. The molecule has 0 bridgehead atoms. The third-order valence-corrected chi connectivity index (χ3v) is 3.54. The molecule has 1 N–H and O–H groups in total. The van der Waals surface area contributed by atoms with E-state index in [0.717, 1.165) is 48.0 Å². The molecule has 0 unspecified atom stereocenters. The second-order valence-electron chi connectivity index (χ2n) is 5.31. The Morgan fingerprint density at radius 3 is 2.65 bits per heavy atom. The molecule has 0 aliphatic carbocycles. The number of rotatable bonds is 7. The lowest BCUT2D eigenvalue weighted by atomic mass is 10.2. The van der Waals surface area contributed by atoms with Gasteiger partial charge in [-0.25, -0.2) is 4.98 Å². The van der Waals surface area contributed by atoms with E-state index in [1.165, 1.54) is 0 Å². The molecule has 0 fully saturated rings. The number of aryl methyl sites for hydroxylation is 1. The van der Waals surface area contributed by atoms with E-state index in [0.29, 0.717) is 5.89 Å². The summed E-state index contributed by atoms with van der Waals surface area (Å²) in [5.41, 5.74) is 1.87. The Hall–Kier alpha value is -2.53. The fourth-order valence-electron chi connectivity index (χ4n) is 2.30. The molecule has 120 valence electrons. The van der Waals surface area contributed by atoms with Gasteiger partial charge in [-0.3, -0.25) is 0 Å². The van der Waals surface area contributed by atoms with Crippen LogP contribution in [0.5, 0.6) is 5.75 Å². The summed E-state index contributed by atoms with van der Waals surface area (Å²) in [6, 6.07) is 11.6. The van der Waals surface area contributed by atoms with Gasteiger partial charge in [0.1, 0.15) is 23.5 Å². The zero-order valence-electron chi connectivity index (χ0n) is 13.3. The number of benzene rings is 1. The van der Waals surface area contributed by atoms with E-state index in [1.54, 1.807) is 13.4 Å². The Bertz CT molecular complexity index is 744. The van der Waals surface area contributed by atoms with Crippen LogP contribution in [0.3, 0.4) is 0 Å². The zero-order valence-corrected chi connectivity index (χ0v) is 13.3. The Morgan fingerprint density at radius 1 is 1.13 bits per heavy atom. The average molecular weight is 312 g/mol. The van der Waals surface area contributed by atoms with Gasteiger partial charge in [0, 0.05) is 18.5 Å². The van der Waals surface area contributed by atoms with Gasteiger partial charge in [0.15, 0.2) is 0 Å². The molecule has 0 radical (unpaired) electrons. The summed E-state index contributed by atoms with van der Waals surface area (Å²) in [6.45, 7) is 3.48. The fraction of sp³-hybridized carbons (Fsp3) is 0.278. The first-order chi connectivity index (χ1) is 11.2. The number of nitrogens with zero attached hydrogens (tertiary/aromatic N) is 1. The van der Waals surface area contributed by atoms with Gasteiger partial charge in [0.2, 0.25) is 5.89 Å². The molecule has 0 atom stereocenters. The molecule has 0 spiro atoms. The van der Waals surface area contributed by atoms with Crippen LogP contribution in [-0.4, -0.2) is 18.6 Å². The van der Waals surface area contributed by atoms with E-state index in [9.17, 15) is 0 Å². The standard InChI is InChI=1S/C18H20N2O3/c1-13-3-6-17(23-13)11-19-10-9-15-12-22-18(20-15)14-4-7-16(21-2)8-5-14/h3-8,12,19H,9-11H2,1-2H3. The lowest BCUT2D eigenvalue weighted by Crippen LogP contribution is -2.16. The molecule has 3 rings (SSSR count). The maximum atomic E-state index is 5.54. The van der Waals surface area contributed by atoms with Gasteiger partial charge < -0.3 is 18.9 Å². The number of methoxy groups -OCH3 is 1. The number of ether oxygens (including phenoxy) is 1. The number of hydrogen-bond acceptors (Lipinski definition) is 5. The second kappa shape index (κ2) is 7.15. The minimum absolute atomic E-state index is 0.629. The maximum absolute atomic E-state index is 5.54. The van der Waals surface area contributed by atoms with Crippen molar-refractivity contribution < 1.29 is 13.6 Å². The summed E-state index contributed by atoms with van der Waals surface area (Å²) in [6.07, 6.45) is 2.51. The van der Waals surface area contributed by atoms with Gasteiger partial charge in [-0.05, 0) is 43.3 Å². The van der Waals surface area contributed by atoms with Gasteiger partial charge in [0.25, 0.3) is 0 Å². The summed E-state index contributed by atoms with van der Waals surface area (Å²) < 4.78 is 16.2. The van der Waals surface area contributed by atoms with Crippen LogP contribution >= 0.6 is 0 Å². The van der Waals surface area contributed by atoms with Crippen LogP contribution in [0.1, 0.15) is 17.2 Å². The first-order valence-electron chi connectivity index (χ1n) is 7.59. The van der Waals surface area contributed by atoms with Crippen LogP contribution in [-0.2, 0) is 13.0 Å². The Labute approximate surface area is 135 Å². The summed E-state index contributed by atoms with van der Waals surface area (Å²) in [5, 5.41) is 3.34. The molecule has 23 heavy (non-hydrogen) atoms. The average Bonchev–Trinajstić information content (AvgIpc) is 3.21. The third-order valence-electron chi connectivity index (χ3n) is 3.54. The molecule has 2 heterocycles. The van der Waals surface area contributed by atoms with Crippen LogP contribution in [0.15, 0.2) is 51.5 Å². The van der Waals surface area contributed by atoms with Crippen LogP contribution in [0, 0.1) is 6.92 Å². The lowest BCUT2D eigenvalue weighted by Gasteiger charge is -2.00. The van der Waals surface area contributed by atoms with Crippen molar-refractivity contribution in [3.05, 3.63) is 59.9 Å². The topological polar surface area (TPSA) is 60.4 Å². The second-order valence-corrected chi connectivity index (χ2v) is 5.31. The highest BCUT2D eigenvalue weighted by molar-refractivity contribution is 5.54. The van der Waals surface area contributed by atoms with Gasteiger partial charge in [-0.1, -0.05) is 0 Å². The highest BCUT2D eigenvalue weighted by Gasteiger charge is 2.07. The highest BCUT2D eigenvalue weighted by atomic mass is 16.5. The van der Waals surface area contributed by atoms with E-state index in [4.69, 9.17) is 13.6 Å². The van der Waals surface area contributed by atoms with Crippen molar-refractivity contribution in [3.63, 3.8) is 0 Å². The first-order valence-corrected chi connectivity index (χ1v) is 7.59. The van der Waals surface area contributed by atoms with E-state index in [2.05, 4.69) is 10.3 Å². The molecule has 1 aromatic carbocycles. The number of furan rings is 1. The van der Waals surface area contributed by atoms with Crippen molar-refractivity contribution in [2.75, 3.05) is 13.7 Å². The minimum Gasteiger partial charge on any atom is -0.497 e. The molecule has 5 nitrogen and oxygen atoms in total. The number of oxazole rings is 1. The number of nitrogens with one attached hydrogen (secondary N) is 1. The van der Waals surface area contributed by atoms with Gasteiger partial charge in [-0.2, -0.15) is 0 Å². The van der Waals surface area contributed by atoms with Crippen LogP contribution in [0.2, 0.25) is 0 Å². The van der Waals surface area contributed by atoms with Crippen molar-refractivity contribution in [1.29, 1.82) is 0 Å². The molecular formula is C18H20N2O3. The molecule has 0 amide bonds. The quantitative estimate of drug-likeness (QED) is 0.676. The molecular weight excluding hydrogens is 292 g/mol. The van der Waals surface area contributed by atoms with Gasteiger partial charge in [-0.15, -0.1) is 0 Å². The largest absolute Gasteiger partial charge is 0.497 e. The summed E-state index contributed by atoms with van der Waals surface area (Å²) in [5.74, 6) is 3.33. The molecule has 5 heteroatoms. The smallest absolute Gasteiger partial charge is 0.226 e. The summed E-state index contributed by atoms with van der Waals surface area (Å²) in [4.78, 5) is 4.51. The summed E-state index contributed by atoms with van der Waals surface area (Å²) >= 11 is 0. The van der Waals surface area contributed by atoms with Crippen LogP contribution < -0.4 is 10.1 Å². The van der Waals surface area contributed by atoms with Gasteiger partial charge >= 0.3 is 0 Å². The molecule has 2 aromatic heterocycles. The predicted molar refractivity (Wildman–Crippen MR) is 87.3 cm³/mol. The van der Waals surface area contributed by atoms with E-state index in [-0.39, 0.29) is 0 Å². The van der Waals surface area contributed by atoms with Crippen molar-refractivity contribution in [1.82, 2.24) is 10.3 Å². The minimum atomic E-state index is 0.629. The third kappa shape index (κ3) is 4.02. The fourth-order valence-corrected chi connectivity index (χ4v) is 2.30. The number of hydrogen-bond donors (Lipinski definition) is 1. The maximum Gasteiger partial charge on any atom is 0.226 e. The van der Waals surface area contributed by atoms with Gasteiger partial charge in [0.05, 0.1) is 19.3 Å². The van der Waals surface area contributed by atoms with Crippen molar-refractivity contribution in [2.45, 2.75) is 19.9 Å². The highest BCUT2D eigenvalue weighted by Crippen LogP contribution is 2.21. The van der Waals surface area contributed by atoms with E-state index in [1.807, 2.05) is 43.3 Å². The Balaban J connectivity index is 1.50. The Kier molecular flexibility index (Phi) is 4.78. The molecule has 0 saturated heterocycles. The van der Waals surface area contributed by atoms with E-state index < -0.39 is 0 Å². The normalized spacial score (nSPS) is 10.9. The van der Waals surface area contributed by atoms with Crippen molar-refractivity contribution in [3.8, 4) is 17.2 Å².